The van der Waals surface area contributed by atoms with E-state index in [2.05, 4.69) is 36.2 Å². The predicted molar refractivity (Wildman–Crippen MR) is 72.9 cm³/mol. The summed E-state index contributed by atoms with van der Waals surface area (Å²) >= 11 is 0. The molecular weight excluding hydrogens is 242 g/mol. The van der Waals surface area contributed by atoms with Gasteiger partial charge in [0.15, 0.2) is 0 Å². The highest BCUT2D eigenvalue weighted by atomic mass is 16.5. The summed E-state index contributed by atoms with van der Waals surface area (Å²) in [5, 5.41) is 7.29. The van der Waals surface area contributed by atoms with Crippen molar-refractivity contribution < 1.29 is 9.26 Å². The molecule has 1 aromatic carbocycles. The highest BCUT2D eigenvalue weighted by Gasteiger charge is 2.15. The molecule has 0 saturated heterocycles. The van der Waals surface area contributed by atoms with E-state index in [9.17, 15) is 0 Å². The van der Waals surface area contributed by atoms with Gasteiger partial charge in [-0.3, -0.25) is 0 Å². The number of nitrogens with zero attached hydrogens (tertiary/aromatic N) is 2. The van der Waals surface area contributed by atoms with Gasteiger partial charge < -0.3 is 14.6 Å². The van der Waals surface area contributed by atoms with Crippen LogP contribution in [0.15, 0.2) is 28.8 Å². The van der Waals surface area contributed by atoms with E-state index in [0.29, 0.717) is 18.3 Å². The molecule has 0 unspecified atom stereocenters. The Hall–Kier alpha value is -1.88. The van der Waals surface area contributed by atoms with Crippen molar-refractivity contribution in [3.8, 4) is 17.1 Å². The van der Waals surface area contributed by atoms with Crippen molar-refractivity contribution >= 4 is 0 Å². The van der Waals surface area contributed by atoms with E-state index < -0.39 is 0 Å². The largest absolute Gasteiger partial charge is 0.496 e. The molecule has 2 rings (SSSR count). The number of benzene rings is 1. The van der Waals surface area contributed by atoms with Gasteiger partial charge in [0, 0.05) is 5.54 Å². The Balaban J connectivity index is 2.17. The highest BCUT2D eigenvalue weighted by Crippen LogP contribution is 2.26. The third-order valence-electron chi connectivity index (χ3n) is 2.59. The summed E-state index contributed by atoms with van der Waals surface area (Å²) in [6.45, 7) is 6.81. The summed E-state index contributed by atoms with van der Waals surface area (Å²) in [6, 6.07) is 7.61. The normalized spacial score (nSPS) is 11.6. The molecule has 0 bridgehead atoms. The number of rotatable bonds is 4. The van der Waals surface area contributed by atoms with Crippen LogP contribution in [0.1, 0.15) is 26.7 Å². The smallest absolute Gasteiger partial charge is 0.240 e. The summed E-state index contributed by atoms with van der Waals surface area (Å²) in [7, 11) is 1.63. The number of hydrogen-bond acceptors (Lipinski definition) is 5. The predicted octanol–water partition coefficient (Wildman–Crippen LogP) is 2.63. The van der Waals surface area contributed by atoms with E-state index in [1.807, 2.05) is 24.3 Å². The summed E-state index contributed by atoms with van der Waals surface area (Å²) in [6.07, 6.45) is 0. The summed E-state index contributed by atoms with van der Waals surface area (Å²) in [4.78, 5) is 4.37. The SMILES string of the molecule is COc1ccccc1-c1noc(CNC(C)(C)C)n1. The Morgan fingerprint density at radius 1 is 1.26 bits per heavy atom. The molecule has 1 heterocycles. The molecule has 2 aromatic rings. The maximum atomic E-state index is 5.29. The highest BCUT2D eigenvalue weighted by molar-refractivity contribution is 5.63. The molecule has 0 atom stereocenters. The van der Waals surface area contributed by atoms with E-state index in [1.54, 1.807) is 7.11 Å². The van der Waals surface area contributed by atoms with Crippen molar-refractivity contribution in [2.24, 2.45) is 0 Å². The second-order valence-electron chi connectivity index (χ2n) is 5.32. The fraction of sp³-hybridized carbons (Fsp3) is 0.429. The van der Waals surface area contributed by atoms with Crippen LogP contribution in [0.25, 0.3) is 11.4 Å². The first-order valence-electron chi connectivity index (χ1n) is 6.20. The van der Waals surface area contributed by atoms with Crippen molar-refractivity contribution in [3.63, 3.8) is 0 Å². The first kappa shape index (κ1) is 13.5. The molecule has 5 heteroatoms. The molecular formula is C14H19N3O2. The van der Waals surface area contributed by atoms with Crippen LogP contribution in [-0.4, -0.2) is 22.8 Å². The average molecular weight is 261 g/mol. The molecule has 0 aliphatic rings. The standard InChI is InChI=1S/C14H19N3O2/c1-14(2,3)15-9-12-16-13(17-19-12)10-7-5-6-8-11(10)18-4/h5-8,15H,9H2,1-4H3. The van der Waals surface area contributed by atoms with Crippen LogP contribution < -0.4 is 10.1 Å². The van der Waals surface area contributed by atoms with Crippen LogP contribution in [0, 0.1) is 0 Å². The van der Waals surface area contributed by atoms with E-state index in [4.69, 9.17) is 9.26 Å². The van der Waals surface area contributed by atoms with E-state index >= 15 is 0 Å². The van der Waals surface area contributed by atoms with Gasteiger partial charge >= 0.3 is 0 Å². The zero-order valence-electron chi connectivity index (χ0n) is 11.7. The molecule has 0 radical (unpaired) electrons. The molecule has 0 fully saturated rings. The lowest BCUT2D eigenvalue weighted by Gasteiger charge is -2.18. The van der Waals surface area contributed by atoms with Crippen LogP contribution in [0.3, 0.4) is 0 Å². The third-order valence-corrected chi connectivity index (χ3v) is 2.59. The van der Waals surface area contributed by atoms with Gasteiger partial charge in [-0.05, 0) is 32.9 Å². The number of methoxy groups -OCH3 is 1. The quantitative estimate of drug-likeness (QED) is 0.916. The van der Waals surface area contributed by atoms with Gasteiger partial charge in [-0.1, -0.05) is 17.3 Å². The average Bonchev–Trinajstić information content (AvgIpc) is 2.84. The van der Waals surface area contributed by atoms with Crippen molar-refractivity contribution in [3.05, 3.63) is 30.2 Å². The van der Waals surface area contributed by atoms with Crippen LogP contribution >= 0.6 is 0 Å². The Bertz CT molecular complexity index is 544. The Morgan fingerprint density at radius 2 is 2.00 bits per heavy atom. The molecule has 0 amide bonds. The minimum atomic E-state index is 0.0130. The number of ether oxygens (including phenoxy) is 1. The lowest BCUT2D eigenvalue weighted by atomic mass is 10.1. The van der Waals surface area contributed by atoms with Crippen LogP contribution in [0.2, 0.25) is 0 Å². The number of para-hydroxylation sites is 1. The lowest BCUT2D eigenvalue weighted by molar-refractivity contribution is 0.336. The lowest BCUT2D eigenvalue weighted by Crippen LogP contribution is -2.35. The van der Waals surface area contributed by atoms with Crippen LogP contribution in [0.4, 0.5) is 0 Å². The first-order valence-corrected chi connectivity index (χ1v) is 6.20. The van der Waals surface area contributed by atoms with Gasteiger partial charge in [0.25, 0.3) is 0 Å². The van der Waals surface area contributed by atoms with Crippen LogP contribution in [-0.2, 0) is 6.54 Å². The molecule has 0 saturated carbocycles. The fourth-order valence-corrected chi connectivity index (χ4v) is 1.61. The van der Waals surface area contributed by atoms with Crippen LogP contribution in [0.5, 0.6) is 5.75 Å². The van der Waals surface area contributed by atoms with Crippen molar-refractivity contribution in [1.82, 2.24) is 15.5 Å². The van der Waals surface area contributed by atoms with E-state index in [-0.39, 0.29) is 5.54 Å². The second kappa shape index (κ2) is 5.40. The van der Waals surface area contributed by atoms with Crippen molar-refractivity contribution in [2.75, 3.05) is 7.11 Å². The minimum absolute atomic E-state index is 0.0130. The Labute approximate surface area is 113 Å². The maximum absolute atomic E-state index is 5.29. The summed E-state index contributed by atoms with van der Waals surface area (Å²) < 4.78 is 10.5. The van der Waals surface area contributed by atoms with Gasteiger partial charge in [-0.25, -0.2) is 0 Å². The molecule has 19 heavy (non-hydrogen) atoms. The molecule has 1 aromatic heterocycles. The number of nitrogens with one attached hydrogen (secondary N) is 1. The maximum Gasteiger partial charge on any atom is 0.240 e. The van der Waals surface area contributed by atoms with Gasteiger partial charge in [0.05, 0.1) is 19.2 Å². The number of hydrogen-bond donors (Lipinski definition) is 1. The molecule has 0 aliphatic heterocycles. The Morgan fingerprint density at radius 3 is 2.68 bits per heavy atom. The van der Waals surface area contributed by atoms with Gasteiger partial charge in [0.1, 0.15) is 5.75 Å². The zero-order chi connectivity index (χ0) is 13.9. The molecule has 1 N–H and O–H groups in total. The molecule has 0 aliphatic carbocycles. The monoisotopic (exact) mass is 261 g/mol. The van der Waals surface area contributed by atoms with Gasteiger partial charge in [-0.2, -0.15) is 4.98 Å². The molecule has 102 valence electrons. The Kier molecular flexibility index (Phi) is 3.85. The zero-order valence-corrected chi connectivity index (χ0v) is 11.7. The van der Waals surface area contributed by atoms with E-state index in [1.165, 1.54) is 0 Å². The fourth-order valence-electron chi connectivity index (χ4n) is 1.61. The minimum Gasteiger partial charge on any atom is -0.496 e. The van der Waals surface area contributed by atoms with Crippen molar-refractivity contribution in [1.29, 1.82) is 0 Å². The molecule has 0 spiro atoms. The summed E-state index contributed by atoms with van der Waals surface area (Å²) in [5.74, 6) is 1.85. The molecule has 5 nitrogen and oxygen atoms in total. The third kappa shape index (κ3) is 3.54. The van der Waals surface area contributed by atoms with Gasteiger partial charge in [0.2, 0.25) is 11.7 Å². The second-order valence-corrected chi connectivity index (χ2v) is 5.32. The topological polar surface area (TPSA) is 60.2 Å². The van der Waals surface area contributed by atoms with E-state index in [0.717, 1.165) is 11.3 Å². The number of aromatic nitrogens is 2. The van der Waals surface area contributed by atoms with Crippen molar-refractivity contribution in [2.45, 2.75) is 32.9 Å². The summed E-state index contributed by atoms with van der Waals surface area (Å²) in [5.41, 5.74) is 0.842. The van der Waals surface area contributed by atoms with Gasteiger partial charge in [-0.15, -0.1) is 0 Å². The first-order chi connectivity index (χ1) is 8.99.